The summed E-state index contributed by atoms with van der Waals surface area (Å²) < 4.78 is 5.53. The first-order valence-corrected chi connectivity index (χ1v) is 6.39. The quantitative estimate of drug-likeness (QED) is 0.866. The van der Waals surface area contributed by atoms with Crippen molar-refractivity contribution in [3.05, 3.63) is 47.5 Å². The molecule has 3 nitrogen and oxygen atoms in total. The maximum atomic E-state index is 9.79. The Morgan fingerprint density at radius 1 is 1.00 bits per heavy atom. The van der Waals surface area contributed by atoms with Crippen LogP contribution in [-0.4, -0.2) is 10.2 Å². The number of ether oxygens (including phenoxy) is 1. The second-order valence-electron chi connectivity index (χ2n) is 4.63. The number of hydrogen-bond acceptors (Lipinski definition) is 3. The molecule has 19 heavy (non-hydrogen) atoms. The molecule has 0 aliphatic carbocycles. The minimum atomic E-state index is -0.0601. The molecule has 0 aromatic heterocycles. The number of aromatic hydroxyl groups is 2. The van der Waals surface area contributed by atoms with Crippen LogP contribution in [0.5, 0.6) is 23.0 Å². The highest BCUT2D eigenvalue weighted by Crippen LogP contribution is 2.39. The van der Waals surface area contributed by atoms with E-state index in [1.807, 2.05) is 24.3 Å². The van der Waals surface area contributed by atoms with E-state index in [9.17, 15) is 10.2 Å². The molecule has 0 fully saturated rings. The summed E-state index contributed by atoms with van der Waals surface area (Å²) in [6.07, 6.45) is 2.13. The van der Waals surface area contributed by atoms with Crippen molar-refractivity contribution in [2.75, 3.05) is 0 Å². The zero-order chi connectivity index (χ0) is 13.8. The highest BCUT2D eigenvalue weighted by Gasteiger charge is 2.11. The van der Waals surface area contributed by atoms with E-state index in [2.05, 4.69) is 6.92 Å². The first kappa shape index (κ1) is 13.3. The normalized spacial score (nSPS) is 10.4. The van der Waals surface area contributed by atoms with Crippen molar-refractivity contribution in [1.82, 2.24) is 0 Å². The molecule has 0 amide bonds. The van der Waals surface area contributed by atoms with E-state index in [1.54, 1.807) is 19.1 Å². The van der Waals surface area contributed by atoms with Gasteiger partial charge in [-0.2, -0.15) is 0 Å². The van der Waals surface area contributed by atoms with Gasteiger partial charge in [-0.15, -0.1) is 0 Å². The van der Waals surface area contributed by atoms with Crippen molar-refractivity contribution < 1.29 is 14.9 Å². The summed E-state index contributed by atoms with van der Waals surface area (Å²) in [6.45, 7) is 3.93. The van der Waals surface area contributed by atoms with Gasteiger partial charge in [0.15, 0.2) is 11.5 Å². The molecule has 0 aliphatic heterocycles. The Balaban J connectivity index is 2.21. The first-order chi connectivity index (χ1) is 9.10. The van der Waals surface area contributed by atoms with Gasteiger partial charge in [0, 0.05) is 0 Å². The third-order valence-corrected chi connectivity index (χ3v) is 2.88. The van der Waals surface area contributed by atoms with E-state index in [0.717, 1.165) is 18.4 Å². The molecular formula is C16H18O3. The molecule has 0 aliphatic rings. The van der Waals surface area contributed by atoms with Crippen LogP contribution in [0.4, 0.5) is 0 Å². The Bertz CT molecular complexity index is 536. The van der Waals surface area contributed by atoms with E-state index in [4.69, 9.17) is 4.74 Å². The lowest BCUT2D eigenvalue weighted by atomic mass is 10.1. The van der Waals surface area contributed by atoms with Crippen molar-refractivity contribution in [2.45, 2.75) is 26.7 Å². The predicted octanol–water partition coefficient (Wildman–Crippen LogP) is 4.15. The molecule has 3 heteroatoms. The summed E-state index contributed by atoms with van der Waals surface area (Å²) in [5, 5.41) is 19.6. The Morgan fingerprint density at radius 2 is 1.58 bits per heavy atom. The van der Waals surface area contributed by atoms with Crippen LogP contribution in [-0.2, 0) is 6.42 Å². The molecule has 0 unspecified atom stereocenters. The van der Waals surface area contributed by atoms with E-state index < -0.39 is 0 Å². The van der Waals surface area contributed by atoms with Crippen LogP contribution in [0.15, 0.2) is 36.4 Å². The molecule has 0 saturated carbocycles. The van der Waals surface area contributed by atoms with Crippen LogP contribution in [0.3, 0.4) is 0 Å². The van der Waals surface area contributed by atoms with Crippen LogP contribution < -0.4 is 4.74 Å². The third kappa shape index (κ3) is 3.19. The van der Waals surface area contributed by atoms with Gasteiger partial charge >= 0.3 is 0 Å². The molecule has 0 radical (unpaired) electrons. The number of phenols is 2. The Kier molecular flexibility index (Phi) is 3.95. The Morgan fingerprint density at radius 3 is 2.11 bits per heavy atom. The fourth-order valence-electron chi connectivity index (χ4n) is 1.97. The number of hydrogen-bond donors (Lipinski definition) is 2. The maximum Gasteiger partial charge on any atom is 0.210 e. The molecule has 0 saturated heterocycles. The van der Waals surface area contributed by atoms with Crippen LogP contribution in [0.25, 0.3) is 0 Å². The molecule has 2 aromatic rings. The van der Waals surface area contributed by atoms with Crippen LogP contribution in [0, 0.1) is 6.92 Å². The number of rotatable bonds is 4. The van der Waals surface area contributed by atoms with Gasteiger partial charge in [0.05, 0.1) is 0 Å². The zero-order valence-electron chi connectivity index (χ0n) is 11.2. The predicted molar refractivity (Wildman–Crippen MR) is 75.0 cm³/mol. The molecule has 2 rings (SSSR count). The molecule has 2 N–H and O–H groups in total. The van der Waals surface area contributed by atoms with Gasteiger partial charge in [-0.25, -0.2) is 0 Å². The van der Waals surface area contributed by atoms with E-state index in [-0.39, 0.29) is 17.2 Å². The van der Waals surface area contributed by atoms with Crippen LogP contribution in [0.2, 0.25) is 0 Å². The average molecular weight is 258 g/mol. The Hall–Kier alpha value is -2.16. The van der Waals surface area contributed by atoms with Gasteiger partial charge in [0.2, 0.25) is 5.75 Å². The van der Waals surface area contributed by atoms with Crippen molar-refractivity contribution >= 4 is 0 Å². The zero-order valence-corrected chi connectivity index (χ0v) is 11.2. The first-order valence-electron chi connectivity index (χ1n) is 6.39. The second kappa shape index (κ2) is 5.65. The standard InChI is InChI=1S/C16H18O3/c1-3-4-12-5-7-13(8-6-12)19-16-14(17)9-11(2)10-15(16)18/h5-10,17-18H,3-4H2,1-2H3. The fraction of sp³-hybridized carbons (Fsp3) is 0.250. The average Bonchev–Trinajstić information content (AvgIpc) is 2.36. The van der Waals surface area contributed by atoms with Crippen LogP contribution in [0.1, 0.15) is 24.5 Å². The van der Waals surface area contributed by atoms with E-state index >= 15 is 0 Å². The number of benzene rings is 2. The summed E-state index contributed by atoms with van der Waals surface area (Å²) in [4.78, 5) is 0. The van der Waals surface area contributed by atoms with Gasteiger partial charge in [-0.05, 0) is 48.7 Å². The van der Waals surface area contributed by atoms with Crippen molar-refractivity contribution in [3.8, 4) is 23.0 Å². The molecule has 2 aromatic carbocycles. The van der Waals surface area contributed by atoms with Crippen LogP contribution >= 0.6 is 0 Å². The maximum absolute atomic E-state index is 9.79. The Labute approximate surface area is 113 Å². The van der Waals surface area contributed by atoms with E-state index in [1.165, 1.54) is 5.56 Å². The largest absolute Gasteiger partial charge is 0.504 e. The molecular weight excluding hydrogens is 240 g/mol. The smallest absolute Gasteiger partial charge is 0.210 e. The lowest BCUT2D eigenvalue weighted by Crippen LogP contribution is -1.88. The second-order valence-corrected chi connectivity index (χ2v) is 4.63. The highest BCUT2D eigenvalue weighted by atomic mass is 16.5. The summed E-state index contributed by atoms with van der Waals surface area (Å²) >= 11 is 0. The van der Waals surface area contributed by atoms with Crippen molar-refractivity contribution in [2.24, 2.45) is 0 Å². The van der Waals surface area contributed by atoms with Crippen molar-refractivity contribution in [3.63, 3.8) is 0 Å². The van der Waals surface area contributed by atoms with Gasteiger partial charge < -0.3 is 14.9 Å². The lowest BCUT2D eigenvalue weighted by molar-refractivity contribution is 0.375. The molecule has 0 atom stereocenters. The summed E-state index contributed by atoms with van der Waals surface area (Å²) in [6, 6.07) is 10.8. The number of phenolic OH excluding ortho intramolecular Hbond substituents is 2. The lowest BCUT2D eigenvalue weighted by Gasteiger charge is -2.10. The minimum absolute atomic E-state index is 0.0601. The molecule has 0 spiro atoms. The van der Waals surface area contributed by atoms with Gasteiger partial charge in [-0.3, -0.25) is 0 Å². The molecule has 0 heterocycles. The van der Waals surface area contributed by atoms with E-state index in [0.29, 0.717) is 5.75 Å². The molecule has 100 valence electrons. The monoisotopic (exact) mass is 258 g/mol. The SMILES string of the molecule is CCCc1ccc(Oc2c(O)cc(C)cc2O)cc1. The summed E-state index contributed by atoms with van der Waals surface area (Å²) in [5.74, 6) is 0.563. The summed E-state index contributed by atoms with van der Waals surface area (Å²) in [7, 11) is 0. The van der Waals surface area contributed by atoms with Gasteiger partial charge in [0.1, 0.15) is 5.75 Å². The van der Waals surface area contributed by atoms with Crippen molar-refractivity contribution in [1.29, 1.82) is 0 Å². The van der Waals surface area contributed by atoms with Gasteiger partial charge in [0.25, 0.3) is 0 Å². The fourth-order valence-corrected chi connectivity index (χ4v) is 1.97. The van der Waals surface area contributed by atoms with Gasteiger partial charge in [-0.1, -0.05) is 25.5 Å². The third-order valence-electron chi connectivity index (χ3n) is 2.88. The molecule has 0 bridgehead atoms. The topological polar surface area (TPSA) is 49.7 Å². The minimum Gasteiger partial charge on any atom is -0.504 e. The highest BCUT2D eigenvalue weighted by molar-refractivity contribution is 5.53. The summed E-state index contributed by atoms with van der Waals surface area (Å²) in [5.41, 5.74) is 2.02. The number of aryl methyl sites for hydroxylation is 2.